The van der Waals surface area contributed by atoms with Crippen molar-refractivity contribution in [2.75, 3.05) is 5.73 Å². The van der Waals surface area contributed by atoms with E-state index in [-0.39, 0.29) is 6.10 Å². The highest BCUT2D eigenvalue weighted by molar-refractivity contribution is 5.44. The number of nitrogens with zero attached hydrogens (tertiary/aromatic N) is 2. The molecule has 1 aliphatic carbocycles. The zero-order valence-corrected chi connectivity index (χ0v) is 11.5. The topological polar surface area (TPSA) is 61.0 Å². The molecule has 18 heavy (non-hydrogen) atoms. The van der Waals surface area contributed by atoms with E-state index in [0.29, 0.717) is 29.3 Å². The van der Waals surface area contributed by atoms with Crippen molar-refractivity contribution in [1.29, 1.82) is 0 Å². The van der Waals surface area contributed by atoms with Crippen LogP contribution in [0.15, 0.2) is 12.5 Å². The first-order valence-electron chi connectivity index (χ1n) is 6.80. The van der Waals surface area contributed by atoms with Crippen LogP contribution >= 0.6 is 0 Å². The molecule has 2 rings (SSSR count). The molecule has 4 heteroatoms. The van der Waals surface area contributed by atoms with Gasteiger partial charge >= 0.3 is 0 Å². The van der Waals surface area contributed by atoms with Gasteiger partial charge in [0.2, 0.25) is 5.88 Å². The standard InChI is InChI=1S/C14H23N3O/c1-9(2)11-5-4-10(3)6-13(11)18-14-12(15)7-16-8-17-14/h7-11,13H,4-6,15H2,1-3H3. The maximum absolute atomic E-state index is 6.05. The normalized spacial score (nSPS) is 28.3. The largest absolute Gasteiger partial charge is 0.473 e. The molecule has 3 atom stereocenters. The van der Waals surface area contributed by atoms with Crippen molar-refractivity contribution in [1.82, 2.24) is 9.97 Å². The number of aromatic nitrogens is 2. The molecular weight excluding hydrogens is 226 g/mol. The minimum Gasteiger partial charge on any atom is -0.473 e. The quantitative estimate of drug-likeness (QED) is 0.894. The van der Waals surface area contributed by atoms with Crippen LogP contribution in [0.3, 0.4) is 0 Å². The number of hydrogen-bond acceptors (Lipinski definition) is 4. The zero-order valence-electron chi connectivity index (χ0n) is 11.5. The molecule has 1 aromatic heterocycles. The fourth-order valence-corrected chi connectivity index (χ4v) is 2.82. The molecule has 0 bridgehead atoms. The molecule has 0 spiro atoms. The maximum atomic E-state index is 6.05. The second kappa shape index (κ2) is 5.55. The molecule has 3 unspecified atom stereocenters. The lowest BCUT2D eigenvalue weighted by atomic mass is 9.75. The Bertz CT molecular complexity index is 394. The first-order valence-corrected chi connectivity index (χ1v) is 6.80. The Kier molecular flexibility index (Phi) is 4.04. The van der Waals surface area contributed by atoms with Crippen LogP contribution in [0.4, 0.5) is 5.69 Å². The molecule has 100 valence electrons. The van der Waals surface area contributed by atoms with Gasteiger partial charge in [-0.2, -0.15) is 4.98 Å². The monoisotopic (exact) mass is 249 g/mol. The van der Waals surface area contributed by atoms with Gasteiger partial charge in [-0.15, -0.1) is 0 Å². The number of nitrogen functional groups attached to an aromatic ring is 1. The Morgan fingerprint density at radius 2 is 2.17 bits per heavy atom. The van der Waals surface area contributed by atoms with Crippen LogP contribution in [-0.2, 0) is 0 Å². The highest BCUT2D eigenvalue weighted by atomic mass is 16.5. The van der Waals surface area contributed by atoms with Crippen LogP contribution in [0.5, 0.6) is 5.88 Å². The lowest BCUT2D eigenvalue weighted by Crippen LogP contribution is -2.36. The summed E-state index contributed by atoms with van der Waals surface area (Å²) in [6.07, 6.45) is 6.93. The molecule has 0 saturated heterocycles. The van der Waals surface area contributed by atoms with Gasteiger partial charge in [0.25, 0.3) is 0 Å². The van der Waals surface area contributed by atoms with Crippen LogP contribution in [0.2, 0.25) is 0 Å². The van der Waals surface area contributed by atoms with E-state index >= 15 is 0 Å². The lowest BCUT2D eigenvalue weighted by molar-refractivity contribution is 0.0431. The van der Waals surface area contributed by atoms with Crippen LogP contribution in [-0.4, -0.2) is 16.1 Å². The average molecular weight is 249 g/mol. The molecule has 1 aromatic rings. The van der Waals surface area contributed by atoms with Crippen LogP contribution in [0, 0.1) is 17.8 Å². The molecule has 0 aromatic carbocycles. The fraction of sp³-hybridized carbons (Fsp3) is 0.714. The molecule has 2 N–H and O–H groups in total. The van der Waals surface area contributed by atoms with E-state index in [1.54, 1.807) is 6.20 Å². The molecule has 1 aliphatic rings. The van der Waals surface area contributed by atoms with Gasteiger partial charge in [-0.3, -0.25) is 0 Å². The van der Waals surface area contributed by atoms with E-state index in [0.717, 1.165) is 6.42 Å². The van der Waals surface area contributed by atoms with Gasteiger partial charge in [0.05, 0.1) is 6.20 Å². The molecule has 1 heterocycles. The number of nitrogens with two attached hydrogens (primary N) is 1. The van der Waals surface area contributed by atoms with Crippen LogP contribution in [0.25, 0.3) is 0 Å². The first-order chi connectivity index (χ1) is 8.58. The second-order valence-corrected chi connectivity index (χ2v) is 5.77. The Hall–Kier alpha value is -1.32. The van der Waals surface area contributed by atoms with Gasteiger partial charge in [0.15, 0.2) is 0 Å². The minimum absolute atomic E-state index is 0.228. The van der Waals surface area contributed by atoms with Gasteiger partial charge in [0.1, 0.15) is 18.1 Å². The zero-order chi connectivity index (χ0) is 13.1. The Morgan fingerprint density at radius 3 is 2.83 bits per heavy atom. The number of anilines is 1. The summed E-state index contributed by atoms with van der Waals surface area (Å²) in [4.78, 5) is 8.02. The second-order valence-electron chi connectivity index (χ2n) is 5.77. The smallest absolute Gasteiger partial charge is 0.240 e. The van der Waals surface area contributed by atoms with Crippen LogP contribution < -0.4 is 10.5 Å². The van der Waals surface area contributed by atoms with Crippen molar-refractivity contribution in [2.24, 2.45) is 17.8 Å². The fourth-order valence-electron chi connectivity index (χ4n) is 2.82. The number of rotatable bonds is 3. The molecule has 0 radical (unpaired) electrons. The van der Waals surface area contributed by atoms with E-state index in [1.165, 1.54) is 19.2 Å². The highest BCUT2D eigenvalue weighted by Gasteiger charge is 2.32. The number of ether oxygens (including phenoxy) is 1. The molecule has 1 fully saturated rings. The van der Waals surface area contributed by atoms with E-state index in [9.17, 15) is 0 Å². The summed E-state index contributed by atoms with van der Waals surface area (Å²) in [5, 5.41) is 0. The molecule has 0 amide bonds. The van der Waals surface area contributed by atoms with Crippen molar-refractivity contribution in [3.63, 3.8) is 0 Å². The van der Waals surface area contributed by atoms with Gasteiger partial charge in [-0.1, -0.05) is 27.2 Å². The van der Waals surface area contributed by atoms with Gasteiger partial charge < -0.3 is 10.5 Å². The minimum atomic E-state index is 0.228. The first kappa shape index (κ1) is 13.1. The summed E-state index contributed by atoms with van der Waals surface area (Å²) in [7, 11) is 0. The summed E-state index contributed by atoms with van der Waals surface area (Å²) in [5.41, 5.74) is 6.37. The van der Waals surface area contributed by atoms with Crippen LogP contribution in [0.1, 0.15) is 40.0 Å². The van der Waals surface area contributed by atoms with Gasteiger partial charge in [-0.05, 0) is 30.6 Å². The van der Waals surface area contributed by atoms with Crippen molar-refractivity contribution in [3.8, 4) is 5.88 Å². The predicted molar refractivity (Wildman–Crippen MR) is 72.2 cm³/mol. The molecule has 1 saturated carbocycles. The third-order valence-corrected chi connectivity index (χ3v) is 3.93. The van der Waals surface area contributed by atoms with E-state index < -0.39 is 0 Å². The summed E-state index contributed by atoms with van der Waals surface area (Å²) < 4.78 is 6.05. The van der Waals surface area contributed by atoms with Crippen molar-refractivity contribution in [2.45, 2.75) is 46.1 Å². The SMILES string of the molecule is CC1CCC(C(C)C)C(Oc2ncncc2N)C1. The maximum Gasteiger partial charge on any atom is 0.240 e. The Balaban J connectivity index is 2.11. The average Bonchev–Trinajstić information content (AvgIpc) is 2.32. The van der Waals surface area contributed by atoms with Gasteiger partial charge in [0, 0.05) is 0 Å². The van der Waals surface area contributed by atoms with E-state index in [1.807, 2.05) is 0 Å². The number of hydrogen-bond donors (Lipinski definition) is 1. The van der Waals surface area contributed by atoms with Gasteiger partial charge in [-0.25, -0.2) is 4.98 Å². The highest BCUT2D eigenvalue weighted by Crippen LogP contribution is 2.36. The summed E-state index contributed by atoms with van der Waals surface area (Å²) in [5.74, 6) is 2.48. The third-order valence-electron chi connectivity index (χ3n) is 3.93. The summed E-state index contributed by atoms with van der Waals surface area (Å²) in [6.45, 7) is 6.82. The van der Waals surface area contributed by atoms with E-state index in [4.69, 9.17) is 10.5 Å². The Morgan fingerprint density at radius 1 is 1.39 bits per heavy atom. The molecule has 4 nitrogen and oxygen atoms in total. The van der Waals surface area contributed by atoms with E-state index in [2.05, 4.69) is 30.7 Å². The third kappa shape index (κ3) is 2.92. The van der Waals surface area contributed by atoms with Crippen molar-refractivity contribution in [3.05, 3.63) is 12.5 Å². The lowest BCUT2D eigenvalue weighted by Gasteiger charge is -2.37. The van der Waals surface area contributed by atoms with Crippen molar-refractivity contribution >= 4 is 5.69 Å². The summed E-state index contributed by atoms with van der Waals surface area (Å²) in [6, 6.07) is 0. The molecular formula is C14H23N3O. The Labute approximate surface area is 109 Å². The molecule has 0 aliphatic heterocycles. The summed E-state index contributed by atoms with van der Waals surface area (Å²) >= 11 is 0. The predicted octanol–water partition coefficient (Wildman–Crippen LogP) is 2.90. The van der Waals surface area contributed by atoms with Crippen molar-refractivity contribution < 1.29 is 4.74 Å².